The molecule has 1 unspecified atom stereocenters. The van der Waals surface area contributed by atoms with Gasteiger partial charge < -0.3 is 14.8 Å². The summed E-state index contributed by atoms with van der Waals surface area (Å²) in [5.41, 5.74) is 0.746. The van der Waals surface area contributed by atoms with E-state index in [-0.39, 0.29) is 11.9 Å². The van der Waals surface area contributed by atoms with Gasteiger partial charge in [0.15, 0.2) is 0 Å². The van der Waals surface area contributed by atoms with Crippen LogP contribution in [0.15, 0.2) is 12.3 Å². The first-order chi connectivity index (χ1) is 8.65. The van der Waals surface area contributed by atoms with E-state index in [0.29, 0.717) is 31.7 Å². The van der Waals surface area contributed by atoms with E-state index >= 15 is 0 Å². The quantitative estimate of drug-likeness (QED) is 0.871. The molecule has 4 nitrogen and oxygen atoms in total. The molecular formula is C13H19FN2O2. The lowest BCUT2D eigenvalue weighted by Gasteiger charge is -2.15. The van der Waals surface area contributed by atoms with Crippen LogP contribution < -0.4 is 10.1 Å². The first-order valence-electron chi connectivity index (χ1n) is 6.27. The number of rotatable bonds is 5. The maximum atomic E-state index is 13.2. The maximum Gasteiger partial charge on any atom is 0.218 e. The van der Waals surface area contributed by atoms with Gasteiger partial charge in [-0.2, -0.15) is 0 Å². The summed E-state index contributed by atoms with van der Waals surface area (Å²) in [6.07, 6.45) is 2.07. The molecule has 2 heterocycles. The molecule has 0 radical (unpaired) electrons. The van der Waals surface area contributed by atoms with Crippen LogP contribution in [0.5, 0.6) is 5.88 Å². The molecule has 0 bridgehead atoms. The van der Waals surface area contributed by atoms with E-state index in [1.165, 1.54) is 12.3 Å². The molecule has 1 aliphatic rings. The Balaban J connectivity index is 2.06. The van der Waals surface area contributed by atoms with Gasteiger partial charge in [0, 0.05) is 24.6 Å². The summed E-state index contributed by atoms with van der Waals surface area (Å²) in [7, 11) is 0. The summed E-state index contributed by atoms with van der Waals surface area (Å²) < 4.78 is 24.2. The van der Waals surface area contributed by atoms with Crippen LogP contribution in [0, 0.1) is 5.82 Å². The SMILES string of the molecule is CC(C)NCc1cc(F)cnc1OC1CCOC1. The number of hydrogen-bond donors (Lipinski definition) is 1. The van der Waals surface area contributed by atoms with Gasteiger partial charge in [-0.25, -0.2) is 9.37 Å². The number of nitrogens with one attached hydrogen (secondary N) is 1. The second-order valence-corrected chi connectivity index (χ2v) is 4.76. The average molecular weight is 254 g/mol. The van der Waals surface area contributed by atoms with E-state index in [2.05, 4.69) is 10.3 Å². The molecule has 0 amide bonds. The third-order valence-electron chi connectivity index (χ3n) is 2.76. The summed E-state index contributed by atoms with van der Waals surface area (Å²) >= 11 is 0. The molecule has 1 aromatic heterocycles. The van der Waals surface area contributed by atoms with E-state index in [1.54, 1.807) is 0 Å². The third-order valence-corrected chi connectivity index (χ3v) is 2.76. The summed E-state index contributed by atoms with van der Waals surface area (Å²) in [5.74, 6) is 0.158. The minimum Gasteiger partial charge on any atom is -0.472 e. The predicted octanol–water partition coefficient (Wildman–Crippen LogP) is 1.89. The first-order valence-corrected chi connectivity index (χ1v) is 6.27. The summed E-state index contributed by atoms with van der Waals surface area (Å²) in [6.45, 7) is 5.92. The fraction of sp³-hybridized carbons (Fsp3) is 0.615. The second kappa shape index (κ2) is 6.11. The number of pyridine rings is 1. The van der Waals surface area contributed by atoms with Crippen molar-refractivity contribution < 1.29 is 13.9 Å². The lowest BCUT2D eigenvalue weighted by Crippen LogP contribution is -2.24. The van der Waals surface area contributed by atoms with Crippen LogP contribution in [-0.2, 0) is 11.3 Å². The normalized spacial score (nSPS) is 19.4. The van der Waals surface area contributed by atoms with Gasteiger partial charge in [-0.3, -0.25) is 0 Å². The Kier molecular flexibility index (Phi) is 4.49. The van der Waals surface area contributed by atoms with Crippen molar-refractivity contribution >= 4 is 0 Å². The van der Waals surface area contributed by atoms with Gasteiger partial charge in [-0.15, -0.1) is 0 Å². The van der Waals surface area contributed by atoms with Gasteiger partial charge in [0.25, 0.3) is 0 Å². The van der Waals surface area contributed by atoms with Crippen molar-refractivity contribution in [1.29, 1.82) is 0 Å². The summed E-state index contributed by atoms with van der Waals surface area (Å²) in [4.78, 5) is 4.03. The molecule has 18 heavy (non-hydrogen) atoms. The molecule has 1 aliphatic heterocycles. The maximum absolute atomic E-state index is 13.2. The van der Waals surface area contributed by atoms with Gasteiger partial charge in [0.1, 0.15) is 11.9 Å². The molecular weight excluding hydrogens is 235 g/mol. The first kappa shape index (κ1) is 13.2. The summed E-state index contributed by atoms with van der Waals surface area (Å²) in [6, 6.07) is 1.80. The van der Waals surface area contributed by atoms with Crippen LogP contribution in [-0.4, -0.2) is 30.3 Å². The molecule has 0 aliphatic carbocycles. The second-order valence-electron chi connectivity index (χ2n) is 4.76. The molecule has 1 fully saturated rings. The largest absolute Gasteiger partial charge is 0.472 e. The molecule has 0 aromatic carbocycles. The zero-order chi connectivity index (χ0) is 13.0. The van der Waals surface area contributed by atoms with Crippen LogP contribution >= 0.6 is 0 Å². The number of nitrogens with zero attached hydrogens (tertiary/aromatic N) is 1. The minimum atomic E-state index is -0.342. The lowest BCUT2D eigenvalue weighted by atomic mass is 10.2. The van der Waals surface area contributed by atoms with Gasteiger partial charge in [0.2, 0.25) is 5.88 Å². The Morgan fingerprint density at radius 2 is 2.44 bits per heavy atom. The monoisotopic (exact) mass is 254 g/mol. The van der Waals surface area contributed by atoms with Crippen molar-refractivity contribution in [3.63, 3.8) is 0 Å². The van der Waals surface area contributed by atoms with Crippen LogP contribution in [0.4, 0.5) is 4.39 Å². The molecule has 2 rings (SSSR count). The summed E-state index contributed by atoms with van der Waals surface area (Å²) in [5, 5.41) is 3.24. The Morgan fingerprint density at radius 1 is 1.61 bits per heavy atom. The fourth-order valence-electron chi connectivity index (χ4n) is 1.78. The molecule has 0 spiro atoms. The highest BCUT2D eigenvalue weighted by molar-refractivity contribution is 5.26. The number of ether oxygens (including phenoxy) is 2. The van der Waals surface area contributed by atoms with E-state index in [4.69, 9.17) is 9.47 Å². The molecule has 0 saturated carbocycles. The van der Waals surface area contributed by atoms with E-state index in [1.807, 2.05) is 13.8 Å². The van der Waals surface area contributed by atoms with E-state index < -0.39 is 0 Å². The lowest BCUT2D eigenvalue weighted by molar-refractivity contribution is 0.137. The number of halogens is 1. The van der Waals surface area contributed by atoms with Crippen LogP contribution in [0.25, 0.3) is 0 Å². The standard InChI is InChI=1S/C13H19FN2O2/c1-9(2)15-6-10-5-11(14)7-16-13(10)18-12-3-4-17-8-12/h5,7,9,12,15H,3-4,6,8H2,1-2H3. The van der Waals surface area contributed by atoms with Crippen molar-refractivity contribution in [3.8, 4) is 5.88 Å². The number of hydrogen-bond acceptors (Lipinski definition) is 4. The highest BCUT2D eigenvalue weighted by Crippen LogP contribution is 2.20. The van der Waals surface area contributed by atoms with Crippen molar-refractivity contribution in [2.45, 2.75) is 39.0 Å². The smallest absolute Gasteiger partial charge is 0.218 e. The highest BCUT2D eigenvalue weighted by Gasteiger charge is 2.19. The average Bonchev–Trinajstić information content (AvgIpc) is 2.82. The fourth-order valence-corrected chi connectivity index (χ4v) is 1.78. The van der Waals surface area contributed by atoms with Gasteiger partial charge in [-0.05, 0) is 6.07 Å². The van der Waals surface area contributed by atoms with Crippen molar-refractivity contribution in [2.24, 2.45) is 0 Å². The topological polar surface area (TPSA) is 43.4 Å². The zero-order valence-corrected chi connectivity index (χ0v) is 10.8. The molecule has 1 atom stereocenters. The Hall–Kier alpha value is -1.20. The highest BCUT2D eigenvalue weighted by atomic mass is 19.1. The Labute approximate surface area is 107 Å². The zero-order valence-electron chi connectivity index (χ0n) is 10.8. The molecule has 1 aromatic rings. The predicted molar refractivity (Wildman–Crippen MR) is 66.0 cm³/mol. The van der Waals surface area contributed by atoms with Crippen LogP contribution in [0.2, 0.25) is 0 Å². The van der Waals surface area contributed by atoms with E-state index in [0.717, 1.165) is 12.0 Å². The van der Waals surface area contributed by atoms with Gasteiger partial charge in [0.05, 0.1) is 19.4 Å². The van der Waals surface area contributed by atoms with Crippen LogP contribution in [0.1, 0.15) is 25.8 Å². The van der Waals surface area contributed by atoms with Gasteiger partial charge in [-0.1, -0.05) is 13.8 Å². The Morgan fingerprint density at radius 3 is 3.11 bits per heavy atom. The van der Waals surface area contributed by atoms with Crippen LogP contribution in [0.3, 0.4) is 0 Å². The molecule has 100 valence electrons. The Bertz CT molecular complexity index is 393. The molecule has 5 heteroatoms. The van der Waals surface area contributed by atoms with E-state index in [9.17, 15) is 4.39 Å². The minimum absolute atomic E-state index is 0.0285. The van der Waals surface area contributed by atoms with Gasteiger partial charge >= 0.3 is 0 Å². The number of aromatic nitrogens is 1. The van der Waals surface area contributed by atoms with Crippen molar-refractivity contribution in [1.82, 2.24) is 10.3 Å². The molecule has 1 N–H and O–H groups in total. The molecule has 1 saturated heterocycles. The van der Waals surface area contributed by atoms with Crippen molar-refractivity contribution in [2.75, 3.05) is 13.2 Å². The van der Waals surface area contributed by atoms with Crippen molar-refractivity contribution in [3.05, 3.63) is 23.6 Å². The third kappa shape index (κ3) is 3.65.